The van der Waals surface area contributed by atoms with E-state index in [0.29, 0.717) is 38.3 Å². The van der Waals surface area contributed by atoms with Crippen LogP contribution in [0, 0.1) is 5.92 Å². The van der Waals surface area contributed by atoms with Crippen LogP contribution in [-0.2, 0) is 9.53 Å². The Labute approximate surface area is 132 Å². The van der Waals surface area contributed by atoms with Crippen molar-refractivity contribution in [2.45, 2.75) is 57.4 Å². The number of unbranched alkanes of at least 4 members (excludes halogenated alkanes) is 1. The number of aliphatic carboxylic acids is 1. The first-order chi connectivity index (χ1) is 10.6. The minimum Gasteiger partial charge on any atom is -0.480 e. The maximum atomic E-state index is 11.6. The molecule has 0 fully saturated rings. The third-order valence-electron chi connectivity index (χ3n) is 3.87. The molecule has 0 heterocycles. The normalized spacial score (nSPS) is 19.8. The van der Waals surface area contributed by atoms with Gasteiger partial charge in [-0.3, -0.25) is 4.79 Å². The molecule has 0 radical (unpaired) electrons. The predicted octanol–water partition coefficient (Wildman–Crippen LogP) is 2.43. The number of hydrogen-bond donors (Lipinski definition) is 3. The van der Waals surface area contributed by atoms with Gasteiger partial charge in [0.1, 0.15) is 6.04 Å². The molecule has 6 heteroatoms. The molecule has 0 aromatic heterocycles. The second-order valence-corrected chi connectivity index (χ2v) is 5.81. The van der Waals surface area contributed by atoms with Crippen molar-refractivity contribution in [3.05, 3.63) is 12.2 Å². The summed E-state index contributed by atoms with van der Waals surface area (Å²) in [7, 11) is 0. The van der Waals surface area contributed by atoms with Gasteiger partial charge in [-0.15, -0.1) is 0 Å². The Morgan fingerprint density at radius 1 is 1.27 bits per heavy atom. The second-order valence-electron chi connectivity index (χ2n) is 5.81. The molecule has 0 aromatic rings. The molecule has 4 N–H and O–H groups in total. The van der Waals surface area contributed by atoms with Crippen LogP contribution in [0.3, 0.4) is 0 Å². The van der Waals surface area contributed by atoms with E-state index in [0.717, 1.165) is 32.1 Å². The summed E-state index contributed by atoms with van der Waals surface area (Å²) in [4.78, 5) is 22.1. The van der Waals surface area contributed by atoms with Crippen molar-refractivity contribution in [1.29, 1.82) is 0 Å². The first kappa shape index (κ1) is 18.5. The number of ether oxygens (including phenoxy) is 1. The van der Waals surface area contributed by atoms with Crippen molar-refractivity contribution in [1.82, 2.24) is 5.32 Å². The summed E-state index contributed by atoms with van der Waals surface area (Å²) in [5, 5.41) is 11.3. The molecule has 1 aliphatic carbocycles. The fraction of sp³-hybridized carbons (Fsp3) is 0.750. The van der Waals surface area contributed by atoms with Crippen molar-refractivity contribution in [2.24, 2.45) is 11.7 Å². The summed E-state index contributed by atoms with van der Waals surface area (Å²) >= 11 is 0. The number of amides is 1. The third kappa shape index (κ3) is 8.67. The lowest BCUT2D eigenvalue weighted by Crippen LogP contribution is -2.30. The number of carboxylic acids is 1. The lowest BCUT2D eigenvalue weighted by molar-refractivity contribution is -0.138. The summed E-state index contributed by atoms with van der Waals surface area (Å²) in [6.07, 6.45) is 11.3. The summed E-state index contributed by atoms with van der Waals surface area (Å²) < 4.78 is 5.25. The molecule has 6 nitrogen and oxygen atoms in total. The average Bonchev–Trinajstić information content (AvgIpc) is 2.45. The van der Waals surface area contributed by atoms with E-state index in [1.54, 1.807) is 0 Å². The Morgan fingerprint density at radius 3 is 2.82 bits per heavy atom. The molecular formula is C16H28N2O4. The SMILES string of the molecule is NC(CCCCNC(=O)OCC1CCC=CCCC1)C(=O)O. The van der Waals surface area contributed by atoms with Crippen LogP contribution in [0.4, 0.5) is 4.79 Å². The van der Waals surface area contributed by atoms with Gasteiger partial charge in [0.15, 0.2) is 0 Å². The van der Waals surface area contributed by atoms with Crippen LogP contribution in [0.25, 0.3) is 0 Å². The maximum absolute atomic E-state index is 11.6. The summed E-state index contributed by atoms with van der Waals surface area (Å²) in [6, 6.07) is -0.819. The van der Waals surface area contributed by atoms with E-state index in [9.17, 15) is 9.59 Å². The molecule has 0 aromatic carbocycles. The smallest absolute Gasteiger partial charge is 0.407 e. The Hall–Kier alpha value is -1.56. The van der Waals surface area contributed by atoms with Crippen LogP contribution in [-0.4, -0.2) is 36.4 Å². The summed E-state index contributed by atoms with van der Waals surface area (Å²) in [5.74, 6) is -0.536. The van der Waals surface area contributed by atoms with Gasteiger partial charge in [-0.05, 0) is 57.3 Å². The van der Waals surface area contributed by atoms with Crippen LogP contribution in [0.2, 0.25) is 0 Å². The minimum atomic E-state index is -0.985. The maximum Gasteiger partial charge on any atom is 0.407 e. The number of nitrogens with two attached hydrogens (primary N) is 1. The van der Waals surface area contributed by atoms with Crippen LogP contribution < -0.4 is 11.1 Å². The molecule has 1 aliphatic rings. The standard InChI is InChI=1S/C16H28N2O4/c17-14(15(19)20)10-6-7-11-18-16(21)22-12-13-8-4-2-1-3-5-9-13/h1-2,13-14H,3-12,17H2,(H,18,21)(H,19,20). The van der Waals surface area contributed by atoms with Gasteiger partial charge in [-0.25, -0.2) is 4.79 Å². The molecule has 0 aliphatic heterocycles. The van der Waals surface area contributed by atoms with Gasteiger partial charge in [0.05, 0.1) is 6.61 Å². The van der Waals surface area contributed by atoms with E-state index in [1.165, 1.54) is 0 Å². The van der Waals surface area contributed by atoms with Crippen molar-refractivity contribution in [3.8, 4) is 0 Å². The zero-order valence-electron chi connectivity index (χ0n) is 13.1. The van der Waals surface area contributed by atoms with Crippen molar-refractivity contribution in [3.63, 3.8) is 0 Å². The van der Waals surface area contributed by atoms with E-state index in [4.69, 9.17) is 15.6 Å². The number of allylic oxidation sites excluding steroid dienone is 2. The van der Waals surface area contributed by atoms with Gasteiger partial charge in [0.2, 0.25) is 0 Å². The highest BCUT2D eigenvalue weighted by molar-refractivity contribution is 5.72. The quantitative estimate of drug-likeness (QED) is 0.472. The van der Waals surface area contributed by atoms with Crippen LogP contribution in [0.1, 0.15) is 51.4 Å². The van der Waals surface area contributed by atoms with E-state index in [-0.39, 0.29) is 6.09 Å². The first-order valence-electron chi connectivity index (χ1n) is 8.13. The average molecular weight is 312 g/mol. The molecule has 0 bridgehead atoms. The molecule has 2 unspecified atom stereocenters. The minimum absolute atomic E-state index is 0.389. The largest absolute Gasteiger partial charge is 0.480 e. The van der Waals surface area contributed by atoms with Crippen LogP contribution >= 0.6 is 0 Å². The monoisotopic (exact) mass is 312 g/mol. The lowest BCUT2D eigenvalue weighted by atomic mass is 9.95. The molecule has 1 rings (SSSR count). The topological polar surface area (TPSA) is 102 Å². The second kappa shape index (κ2) is 11.1. The summed E-state index contributed by atoms with van der Waals surface area (Å²) in [6.45, 7) is 0.960. The molecule has 2 atom stereocenters. The van der Waals surface area contributed by atoms with E-state index in [2.05, 4.69) is 17.5 Å². The highest BCUT2D eigenvalue weighted by atomic mass is 16.5. The predicted molar refractivity (Wildman–Crippen MR) is 84.5 cm³/mol. The number of alkyl carbamates (subject to hydrolysis) is 1. The fourth-order valence-electron chi connectivity index (χ4n) is 2.45. The molecule has 1 amide bonds. The van der Waals surface area contributed by atoms with Crippen molar-refractivity contribution >= 4 is 12.1 Å². The molecule has 0 saturated heterocycles. The van der Waals surface area contributed by atoms with Gasteiger partial charge < -0.3 is 20.9 Å². The molecule has 126 valence electrons. The van der Waals surface area contributed by atoms with E-state index >= 15 is 0 Å². The molecule has 0 spiro atoms. The van der Waals surface area contributed by atoms with E-state index < -0.39 is 12.0 Å². The highest BCUT2D eigenvalue weighted by Crippen LogP contribution is 2.18. The van der Waals surface area contributed by atoms with Crippen molar-refractivity contribution < 1.29 is 19.4 Å². The highest BCUT2D eigenvalue weighted by Gasteiger charge is 2.13. The van der Waals surface area contributed by atoms with Gasteiger partial charge >= 0.3 is 12.1 Å². The Kier molecular flexibility index (Phi) is 9.30. The number of carbonyl (C=O) groups excluding carboxylic acids is 1. The fourth-order valence-corrected chi connectivity index (χ4v) is 2.45. The zero-order valence-corrected chi connectivity index (χ0v) is 13.1. The third-order valence-corrected chi connectivity index (χ3v) is 3.87. The molecule has 22 heavy (non-hydrogen) atoms. The van der Waals surface area contributed by atoms with Gasteiger partial charge in [-0.1, -0.05) is 12.2 Å². The van der Waals surface area contributed by atoms with Gasteiger partial charge in [-0.2, -0.15) is 0 Å². The number of carbonyl (C=O) groups is 2. The number of nitrogens with one attached hydrogen (secondary N) is 1. The Bertz CT molecular complexity index is 371. The van der Waals surface area contributed by atoms with E-state index in [1.807, 2.05) is 0 Å². The Balaban J connectivity index is 2.03. The van der Waals surface area contributed by atoms with Gasteiger partial charge in [0, 0.05) is 6.54 Å². The zero-order chi connectivity index (χ0) is 16.2. The number of carboxylic acid groups (broad SMARTS) is 1. The molecule has 0 saturated carbocycles. The lowest BCUT2D eigenvalue weighted by Gasteiger charge is -2.17. The van der Waals surface area contributed by atoms with Crippen molar-refractivity contribution in [2.75, 3.05) is 13.2 Å². The Morgan fingerprint density at radius 2 is 2.05 bits per heavy atom. The first-order valence-corrected chi connectivity index (χ1v) is 8.13. The van der Waals surface area contributed by atoms with Crippen LogP contribution in [0.15, 0.2) is 12.2 Å². The number of hydrogen-bond acceptors (Lipinski definition) is 4. The number of rotatable bonds is 8. The summed E-state index contributed by atoms with van der Waals surface area (Å²) in [5.41, 5.74) is 5.40. The van der Waals surface area contributed by atoms with Crippen LogP contribution in [0.5, 0.6) is 0 Å². The van der Waals surface area contributed by atoms with Gasteiger partial charge in [0.25, 0.3) is 0 Å². The molecular weight excluding hydrogens is 284 g/mol.